The lowest BCUT2D eigenvalue weighted by molar-refractivity contribution is -0.149. The van der Waals surface area contributed by atoms with Gasteiger partial charge < -0.3 is 10.2 Å². The van der Waals surface area contributed by atoms with Crippen LogP contribution < -0.4 is 5.32 Å². The van der Waals surface area contributed by atoms with Crippen LogP contribution in [0.25, 0.3) is 0 Å². The summed E-state index contributed by atoms with van der Waals surface area (Å²) in [5.41, 5.74) is -0.0635. The molecule has 1 unspecified atom stereocenters. The highest BCUT2D eigenvalue weighted by molar-refractivity contribution is 6.35. The fraction of sp³-hybridized carbons (Fsp3) is 0.429. The normalized spacial score (nSPS) is 22.9. The van der Waals surface area contributed by atoms with Crippen LogP contribution in [0, 0.1) is 0 Å². The minimum atomic E-state index is -0.839. The van der Waals surface area contributed by atoms with Crippen molar-refractivity contribution < 1.29 is 9.59 Å². The smallest absolute Gasteiger partial charge is 0.248 e. The molecular weight excluding hydrogens is 299 g/mol. The molecule has 6 heteroatoms. The lowest BCUT2D eigenvalue weighted by Crippen LogP contribution is -2.64. The molecular formula is C14H16Cl2N2O2. The average molecular weight is 315 g/mol. The number of nitrogens with zero attached hydrogens (tertiary/aromatic N) is 1. The van der Waals surface area contributed by atoms with Crippen LogP contribution >= 0.6 is 23.2 Å². The molecule has 1 aromatic carbocycles. The maximum absolute atomic E-state index is 12.4. The van der Waals surface area contributed by atoms with Crippen molar-refractivity contribution in [1.29, 1.82) is 0 Å². The molecule has 0 spiro atoms. The molecule has 4 nitrogen and oxygen atoms in total. The fourth-order valence-electron chi connectivity index (χ4n) is 2.22. The van der Waals surface area contributed by atoms with Crippen molar-refractivity contribution in [1.82, 2.24) is 10.2 Å². The Labute approximate surface area is 128 Å². The quantitative estimate of drug-likeness (QED) is 0.932. The molecule has 1 aliphatic rings. The number of halogens is 2. The maximum Gasteiger partial charge on any atom is 0.248 e. The lowest BCUT2D eigenvalue weighted by Gasteiger charge is -2.39. The fourth-order valence-corrected chi connectivity index (χ4v) is 2.69. The van der Waals surface area contributed by atoms with E-state index in [-0.39, 0.29) is 18.4 Å². The number of benzene rings is 1. The van der Waals surface area contributed by atoms with Crippen LogP contribution in [0.5, 0.6) is 0 Å². The second kappa shape index (κ2) is 5.62. The molecule has 1 saturated heterocycles. The first-order chi connectivity index (χ1) is 9.35. The summed E-state index contributed by atoms with van der Waals surface area (Å²) in [5.74, 6) is -0.246. The second-order valence-electron chi connectivity index (χ2n) is 5.13. The van der Waals surface area contributed by atoms with E-state index in [0.717, 1.165) is 5.56 Å². The van der Waals surface area contributed by atoms with Gasteiger partial charge in [0.2, 0.25) is 11.8 Å². The number of hydrogen-bond donors (Lipinski definition) is 1. The zero-order valence-electron chi connectivity index (χ0n) is 11.4. The summed E-state index contributed by atoms with van der Waals surface area (Å²) in [6.07, 6.45) is 0.544. The number of rotatable bonds is 3. The standard InChI is InChI=1S/C14H16Cl2N2O2/c1-3-14(2)13(20)18(8-12(19)17-14)7-9-4-5-10(15)6-11(9)16/h4-6H,3,7-8H2,1-2H3,(H,17,19). The monoisotopic (exact) mass is 314 g/mol. The van der Waals surface area contributed by atoms with Crippen LogP contribution in [0.4, 0.5) is 0 Å². The second-order valence-corrected chi connectivity index (χ2v) is 5.97. The molecule has 1 N–H and O–H groups in total. The van der Waals surface area contributed by atoms with Crippen LogP contribution in [-0.2, 0) is 16.1 Å². The number of amides is 2. The van der Waals surface area contributed by atoms with E-state index in [0.29, 0.717) is 23.0 Å². The Morgan fingerprint density at radius 3 is 2.65 bits per heavy atom. The summed E-state index contributed by atoms with van der Waals surface area (Å²) in [5, 5.41) is 3.78. The van der Waals surface area contributed by atoms with E-state index in [1.54, 1.807) is 25.1 Å². The third kappa shape index (κ3) is 2.91. The van der Waals surface area contributed by atoms with Gasteiger partial charge in [0.15, 0.2) is 0 Å². The number of carbonyl (C=O) groups excluding carboxylic acids is 2. The molecule has 2 amide bonds. The van der Waals surface area contributed by atoms with Gasteiger partial charge in [-0.05, 0) is 31.0 Å². The average Bonchev–Trinajstić information content (AvgIpc) is 2.38. The van der Waals surface area contributed by atoms with Gasteiger partial charge in [0.05, 0.1) is 6.54 Å². The van der Waals surface area contributed by atoms with Crippen LogP contribution in [0.15, 0.2) is 18.2 Å². The Bertz CT molecular complexity index is 562. The molecule has 0 saturated carbocycles. The van der Waals surface area contributed by atoms with Gasteiger partial charge in [-0.3, -0.25) is 9.59 Å². The molecule has 1 fully saturated rings. The third-order valence-electron chi connectivity index (χ3n) is 3.59. The molecule has 1 aromatic rings. The van der Waals surface area contributed by atoms with Crippen LogP contribution in [-0.4, -0.2) is 28.8 Å². The molecule has 0 radical (unpaired) electrons. The van der Waals surface area contributed by atoms with E-state index in [1.165, 1.54) is 4.90 Å². The Balaban J connectivity index is 2.23. The predicted octanol–water partition coefficient (Wildman–Crippen LogP) is 2.62. The Kier molecular flexibility index (Phi) is 4.25. The molecule has 1 heterocycles. The van der Waals surface area contributed by atoms with Gasteiger partial charge in [-0.1, -0.05) is 36.2 Å². The van der Waals surface area contributed by atoms with Gasteiger partial charge in [-0.25, -0.2) is 0 Å². The zero-order valence-corrected chi connectivity index (χ0v) is 12.9. The summed E-state index contributed by atoms with van der Waals surface area (Å²) in [6, 6.07) is 5.12. The highest BCUT2D eigenvalue weighted by Gasteiger charge is 2.41. The van der Waals surface area contributed by atoms with Crippen LogP contribution in [0.2, 0.25) is 10.0 Å². The van der Waals surface area contributed by atoms with Crippen molar-refractivity contribution in [3.8, 4) is 0 Å². The van der Waals surface area contributed by atoms with E-state index in [1.807, 2.05) is 6.92 Å². The number of nitrogens with one attached hydrogen (secondary N) is 1. The summed E-state index contributed by atoms with van der Waals surface area (Å²) in [4.78, 5) is 25.7. The Hall–Kier alpha value is -1.26. The summed E-state index contributed by atoms with van der Waals surface area (Å²) >= 11 is 12.0. The summed E-state index contributed by atoms with van der Waals surface area (Å²) in [7, 11) is 0. The third-order valence-corrected chi connectivity index (χ3v) is 4.18. The zero-order chi connectivity index (χ0) is 14.9. The minimum absolute atomic E-state index is 0.0490. The largest absolute Gasteiger partial charge is 0.340 e. The first kappa shape index (κ1) is 15.1. The van der Waals surface area contributed by atoms with Crippen LogP contribution in [0.1, 0.15) is 25.8 Å². The summed E-state index contributed by atoms with van der Waals surface area (Å²) in [6.45, 7) is 3.96. The van der Waals surface area contributed by atoms with Gasteiger partial charge in [-0.15, -0.1) is 0 Å². The van der Waals surface area contributed by atoms with Crippen molar-refractivity contribution in [2.45, 2.75) is 32.4 Å². The Morgan fingerprint density at radius 1 is 1.35 bits per heavy atom. The predicted molar refractivity (Wildman–Crippen MR) is 78.7 cm³/mol. The molecule has 0 aliphatic carbocycles. The Morgan fingerprint density at radius 2 is 2.05 bits per heavy atom. The van der Waals surface area contributed by atoms with E-state index in [2.05, 4.69) is 5.32 Å². The first-order valence-corrected chi connectivity index (χ1v) is 7.15. The molecule has 1 atom stereocenters. The van der Waals surface area contributed by atoms with Gasteiger partial charge >= 0.3 is 0 Å². The van der Waals surface area contributed by atoms with Crippen LogP contribution in [0.3, 0.4) is 0 Å². The molecule has 0 bridgehead atoms. The minimum Gasteiger partial charge on any atom is -0.340 e. The molecule has 108 valence electrons. The highest BCUT2D eigenvalue weighted by Crippen LogP contribution is 2.25. The number of carbonyl (C=O) groups is 2. The van der Waals surface area contributed by atoms with E-state index in [4.69, 9.17) is 23.2 Å². The molecule has 20 heavy (non-hydrogen) atoms. The van der Waals surface area contributed by atoms with Gasteiger partial charge in [0, 0.05) is 16.6 Å². The van der Waals surface area contributed by atoms with Gasteiger partial charge in [0.25, 0.3) is 0 Å². The highest BCUT2D eigenvalue weighted by atomic mass is 35.5. The van der Waals surface area contributed by atoms with Crippen molar-refractivity contribution in [3.05, 3.63) is 33.8 Å². The topological polar surface area (TPSA) is 49.4 Å². The van der Waals surface area contributed by atoms with E-state index < -0.39 is 5.54 Å². The van der Waals surface area contributed by atoms with Crippen molar-refractivity contribution in [2.75, 3.05) is 6.54 Å². The molecule has 2 rings (SSSR count). The van der Waals surface area contributed by atoms with Gasteiger partial charge in [0.1, 0.15) is 5.54 Å². The van der Waals surface area contributed by atoms with E-state index in [9.17, 15) is 9.59 Å². The van der Waals surface area contributed by atoms with E-state index >= 15 is 0 Å². The SMILES string of the molecule is CCC1(C)NC(=O)CN(Cc2ccc(Cl)cc2Cl)C1=O. The van der Waals surface area contributed by atoms with Crippen molar-refractivity contribution in [3.63, 3.8) is 0 Å². The van der Waals surface area contributed by atoms with Crippen molar-refractivity contribution in [2.24, 2.45) is 0 Å². The number of hydrogen-bond acceptors (Lipinski definition) is 2. The molecule has 1 aliphatic heterocycles. The molecule has 0 aromatic heterocycles. The van der Waals surface area contributed by atoms with Gasteiger partial charge in [-0.2, -0.15) is 0 Å². The number of piperazine rings is 1. The first-order valence-electron chi connectivity index (χ1n) is 6.40. The summed E-state index contributed by atoms with van der Waals surface area (Å²) < 4.78 is 0. The van der Waals surface area contributed by atoms with Crippen molar-refractivity contribution >= 4 is 35.0 Å². The lowest BCUT2D eigenvalue weighted by atomic mass is 9.94. The maximum atomic E-state index is 12.4.